The second-order valence-corrected chi connectivity index (χ2v) is 11.1. The van der Waals surface area contributed by atoms with Gasteiger partial charge < -0.3 is 19.9 Å². The minimum absolute atomic E-state index is 0.00176. The number of rotatable bonds is 10. The number of nitrogens with one attached hydrogen (secondary N) is 1. The van der Waals surface area contributed by atoms with Crippen molar-refractivity contribution in [2.45, 2.75) is 51.7 Å². The van der Waals surface area contributed by atoms with Crippen LogP contribution in [0.2, 0.25) is 0 Å². The van der Waals surface area contributed by atoms with Crippen LogP contribution in [0.5, 0.6) is 5.75 Å². The molecular formula is C34H42N4O3. The molecule has 0 radical (unpaired) electrons. The van der Waals surface area contributed by atoms with Gasteiger partial charge in [-0.1, -0.05) is 48.5 Å². The number of amides is 2. The van der Waals surface area contributed by atoms with Crippen LogP contribution in [0.15, 0.2) is 78.9 Å². The van der Waals surface area contributed by atoms with Crippen molar-refractivity contribution in [2.75, 3.05) is 44.3 Å². The Morgan fingerprint density at radius 3 is 2.29 bits per heavy atom. The zero-order valence-corrected chi connectivity index (χ0v) is 24.5. The SMILES string of the molecule is CCN(CC)C(=O)c1ccc(Cc2ccccc2OC(C)CN2CCC3(CC2)C(=O)NCN3c2ccccc2)cc1. The number of likely N-dealkylation sites (tertiary alicyclic amines) is 1. The Labute approximate surface area is 244 Å². The maximum atomic E-state index is 13.0. The van der Waals surface area contributed by atoms with Crippen LogP contribution in [0.3, 0.4) is 0 Å². The number of ether oxygens (including phenoxy) is 1. The van der Waals surface area contributed by atoms with Crippen molar-refractivity contribution >= 4 is 17.5 Å². The number of hydrogen-bond donors (Lipinski definition) is 1. The first-order valence-corrected chi connectivity index (χ1v) is 14.9. The lowest BCUT2D eigenvalue weighted by Gasteiger charge is -2.43. The summed E-state index contributed by atoms with van der Waals surface area (Å²) in [6, 6.07) is 26.4. The largest absolute Gasteiger partial charge is 0.489 e. The van der Waals surface area contributed by atoms with Gasteiger partial charge in [-0.05, 0) is 75.1 Å². The fourth-order valence-corrected chi connectivity index (χ4v) is 6.20. The lowest BCUT2D eigenvalue weighted by molar-refractivity contribution is -0.125. The van der Waals surface area contributed by atoms with Gasteiger partial charge in [0, 0.05) is 50.4 Å². The summed E-state index contributed by atoms with van der Waals surface area (Å²) in [6.07, 6.45) is 2.33. The number of anilines is 1. The number of para-hydroxylation sites is 2. The molecule has 2 amide bonds. The number of carbonyl (C=O) groups excluding carboxylic acids is 2. The van der Waals surface area contributed by atoms with Crippen molar-refractivity contribution in [2.24, 2.45) is 0 Å². The van der Waals surface area contributed by atoms with Gasteiger partial charge in [-0.3, -0.25) is 14.5 Å². The van der Waals surface area contributed by atoms with Crippen LogP contribution in [0.25, 0.3) is 0 Å². The average Bonchev–Trinajstić information content (AvgIpc) is 3.31. The highest BCUT2D eigenvalue weighted by molar-refractivity contribution is 5.94. The van der Waals surface area contributed by atoms with E-state index in [9.17, 15) is 9.59 Å². The highest BCUT2D eigenvalue weighted by Crippen LogP contribution is 2.36. The number of benzene rings is 3. The molecule has 1 atom stereocenters. The van der Waals surface area contributed by atoms with Gasteiger partial charge in [-0.2, -0.15) is 0 Å². The van der Waals surface area contributed by atoms with Gasteiger partial charge >= 0.3 is 0 Å². The molecule has 0 aliphatic carbocycles. The van der Waals surface area contributed by atoms with Crippen LogP contribution in [0, 0.1) is 0 Å². The molecule has 1 spiro atoms. The van der Waals surface area contributed by atoms with Crippen molar-refractivity contribution in [1.29, 1.82) is 0 Å². The molecule has 2 heterocycles. The Morgan fingerprint density at radius 2 is 1.61 bits per heavy atom. The smallest absolute Gasteiger partial charge is 0.253 e. The minimum atomic E-state index is -0.472. The van der Waals surface area contributed by atoms with Gasteiger partial charge in [0.15, 0.2) is 0 Å². The number of carbonyl (C=O) groups is 2. The van der Waals surface area contributed by atoms with Crippen LogP contribution in [0.1, 0.15) is 55.1 Å². The Kier molecular flexibility index (Phi) is 8.93. The zero-order valence-electron chi connectivity index (χ0n) is 24.5. The molecule has 1 unspecified atom stereocenters. The minimum Gasteiger partial charge on any atom is -0.489 e. The number of nitrogens with zero attached hydrogens (tertiary/aromatic N) is 3. The Morgan fingerprint density at radius 1 is 0.951 bits per heavy atom. The third kappa shape index (κ3) is 6.25. The summed E-state index contributed by atoms with van der Waals surface area (Å²) in [7, 11) is 0. The molecule has 2 aliphatic heterocycles. The van der Waals surface area contributed by atoms with E-state index in [1.165, 1.54) is 0 Å². The first-order valence-electron chi connectivity index (χ1n) is 14.9. The summed E-state index contributed by atoms with van der Waals surface area (Å²) in [5, 5.41) is 3.09. The van der Waals surface area contributed by atoms with E-state index in [2.05, 4.69) is 40.2 Å². The second-order valence-electron chi connectivity index (χ2n) is 11.1. The van der Waals surface area contributed by atoms with Crippen molar-refractivity contribution < 1.29 is 14.3 Å². The predicted molar refractivity (Wildman–Crippen MR) is 163 cm³/mol. The highest BCUT2D eigenvalue weighted by atomic mass is 16.5. The molecule has 3 aromatic carbocycles. The van der Waals surface area contributed by atoms with Crippen molar-refractivity contribution in [1.82, 2.24) is 15.1 Å². The van der Waals surface area contributed by atoms with E-state index in [1.54, 1.807) is 0 Å². The maximum absolute atomic E-state index is 13.0. The Bertz CT molecular complexity index is 1320. The molecule has 5 rings (SSSR count). The van der Waals surface area contributed by atoms with E-state index in [-0.39, 0.29) is 17.9 Å². The first kappa shape index (κ1) is 28.7. The van der Waals surface area contributed by atoms with Gasteiger partial charge in [0.1, 0.15) is 17.4 Å². The quantitative estimate of drug-likeness (QED) is 0.384. The number of hydrogen-bond acceptors (Lipinski definition) is 5. The van der Waals surface area contributed by atoms with Gasteiger partial charge in [-0.15, -0.1) is 0 Å². The molecule has 2 fully saturated rings. The van der Waals surface area contributed by atoms with E-state index in [0.29, 0.717) is 19.8 Å². The third-order valence-electron chi connectivity index (χ3n) is 8.55. The second kappa shape index (κ2) is 12.8. The highest BCUT2D eigenvalue weighted by Gasteiger charge is 2.50. The molecule has 3 aromatic rings. The lowest BCUT2D eigenvalue weighted by atomic mass is 9.85. The normalized spacial score (nSPS) is 17.3. The van der Waals surface area contributed by atoms with Crippen molar-refractivity contribution in [3.05, 3.63) is 95.6 Å². The molecule has 0 aromatic heterocycles. The monoisotopic (exact) mass is 554 g/mol. The van der Waals surface area contributed by atoms with Gasteiger partial charge in [0.05, 0.1) is 6.67 Å². The summed E-state index contributed by atoms with van der Waals surface area (Å²) in [6.45, 7) is 10.6. The van der Waals surface area contributed by atoms with Crippen LogP contribution >= 0.6 is 0 Å². The Hall–Kier alpha value is -3.84. The molecular weight excluding hydrogens is 512 g/mol. The van der Waals surface area contributed by atoms with E-state index in [4.69, 9.17) is 4.74 Å². The average molecular weight is 555 g/mol. The molecule has 216 valence electrons. The maximum Gasteiger partial charge on any atom is 0.253 e. The number of piperidine rings is 1. The van der Waals surface area contributed by atoms with Crippen molar-refractivity contribution in [3.63, 3.8) is 0 Å². The molecule has 41 heavy (non-hydrogen) atoms. The van der Waals surface area contributed by atoms with Crippen molar-refractivity contribution in [3.8, 4) is 5.75 Å². The van der Waals surface area contributed by atoms with Crippen LogP contribution in [-0.4, -0.2) is 72.6 Å². The van der Waals surface area contributed by atoms with E-state index >= 15 is 0 Å². The van der Waals surface area contributed by atoms with Crippen LogP contribution in [-0.2, 0) is 11.2 Å². The molecule has 7 nitrogen and oxygen atoms in total. The lowest BCUT2D eigenvalue weighted by Crippen LogP contribution is -2.57. The fraction of sp³-hybridized carbons (Fsp3) is 0.412. The summed E-state index contributed by atoms with van der Waals surface area (Å²) in [5.74, 6) is 1.11. The standard InChI is InChI=1S/C34H42N4O3/c1-4-37(5-2)32(39)28-17-15-27(16-18-28)23-29-11-9-10-14-31(29)41-26(3)24-36-21-19-34(20-22-36)33(40)35-25-38(34)30-12-7-6-8-13-30/h6-18,26H,4-5,19-25H2,1-3H3,(H,35,40). The molecule has 7 heteroatoms. The van der Waals surface area contributed by atoms with Gasteiger partial charge in [0.2, 0.25) is 5.91 Å². The Balaban J connectivity index is 1.18. The van der Waals surface area contributed by atoms with E-state index < -0.39 is 5.54 Å². The first-order chi connectivity index (χ1) is 19.9. The van der Waals surface area contributed by atoms with Crippen LogP contribution < -0.4 is 15.0 Å². The summed E-state index contributed by atoms with van der Waals surface area (Å²) >= 11 is 0. The zero-order chi connectivity index (χ0) is 28.8. The third-order valence-corrected chi connectivity index (χ3v) is 8.55. The van der Waals surface area contributed by atoms with E-state index in [0.717, 1.165) is 67.0 Å². The fourth-order valence-electron chi connectivity index (χ4n) is 6.20. The van der Waals surface area contributed by atoms with Gasteiger partial charge in [0.25, 0.3) is 5.91 Å². The molecule has 1 N–H and O–H groups in total. The van der Waals surface area contributed by atoms with Crippen LogP contribution in [0.4, 0.5) is 5.69 Å². The molecule has 0 saturated carbocycles. The van der Waals surface area contributed by atoms with E-state index in [1.807, 2.05) is 79.4 Å². The molecule has 2 aliphatic rings. The summed E-state index contributed by atoms with van der Waals surface area (Å²) in [5.41, 5.74) is 3.61. The molecule has 2 saturated heterocycles. The predicted octanol–water partition coefficient (Wildman–Crippen LogP) is 4.96. The topological polar surface area (TPSA) is 65.1 Å². The summed E-state index contributed by atoms with van der Waals surface area (Å²) in [4.78, 5) is 32.1. The summed E-state index contributed by atoms with van der Waals surface area (Å²) < 4.78 is 6.48. The molecule has 0 bridgehead atoms. The van der Waals surface area contributed by atoms with Gasteiger partial charge in [-0.25, -0.2) is 0 Å².